The van der Waals surface area contributed by atoms with Crippen LogP contribution in [0.4, 0.5) is 0 Å². The monoisotopic (exact) mass is 602 g/mol. The maximum atomic E-state index is 14.6. The smallest absolute Gasteiger partial charge is 0.171 e. The van der Waals surface area contributed by atoms with Crippen molar-refractivity contribution in [3.8, 4) is 34.5 Å². The van der Waals surface area contributed by atoms with E-state index in [2.05, 4.69) is 0 Å². The number of methoxy groups -OCH3 is 4. The Labute approximate surface area is 252 Å². The van der Waals surface area contributed by atoms with E-state index in [1.165, 1.54) is 26.4 Å². The highest BCUT2D eigenvalue weighted by molar-refractivity contribution is 7.92. The van der Waals surface area contributed by atoms with E-state index in [4.69, 9.17) is 18.9 Å². The summed E-state index contributed by atoms with van der Waals surface area (Å²) in [5.74, 6) is 1.70. The molecule has 0 spiro atoms. The number of benzene rings is 4. The number of phenolic OH excluding ortho intramolecular Hbond substituents is 2. The normalized spacial score (nSPS) is 13.1. The summed E-state index contributed by atoms with van der Waals surface area (Å²) in [5, 5.41) is 17.9. The van der Waals surface area contributed by atoms with Crippen LogP contribution in [-0.2, 0) is 9.84 Å². The zero-order valence-corrected chi connectivity index (χ0v) is 25.1. The highest BCUT2D eigenvalue weighted by Crippen LogP contribution is 2.39. The molecule has 8 nitrogen and oxygen atoms in total. The lowest BCUT2D eigenvalue weighted by Gasteiger charge is -2.22. The first-order valence-electron chi connectivity index (χ1n) is 13.3. The molecule has 0 aliphatic heterocycles. The van der Waals surface area contributed by atoms with Gasteiger partial charge in [-0.15, -0.1) is 0 Å². The summed E-state index contributed by atoms with van der Waals surface area (Å²) in [6.07, 6.45) is 6.62. The van der Waals surface area contributed by atoms with E-state index >= 15 is 0 Å². The Morgan fingerprint density at radius 2 is 0.930 bits per heavy atom. The zero-order valence-electron chi connectivity index (χ0n) is 24.3. The summed E-state index contributed by atoms with van der Waals surface area (Å²) in [6.45, 7) is 0. The topological polar surface area (TPSA) is 112 Å². The maximum Gasteiger partial charge on any atom is 0.171 e. The molecule has 0 heterocycles. The van der Waals surface area contributed by atoms with E-state index in [0.29, 0.717) is 33.8 Å². The van der Waals surface area contributed by atoms with Gasteiger partial charge in [-0.05, 0) is 70.8 Å². The number of ether oxygens (including phenoxy) is 4. The lowest BCUT2D eigenvalue weighted by atomic mass is 10.1. The standard InChI is InChI=1S/C34H34O8S/c1-39-27-13-9-25(10-14-27)33(19-7-23-5-17-29(35)31(21-23)41-3)43(37,38)34(26-11-15-28(40-2)16-12-26)20-8-24-6-18-30(36)32(22-24)42-4/h5-22,33-36H,1-4H3. The number of aromatic hydroxyl groups is 2. The van der Waals surface area contributed by atoms with Crippen LogP contribution in [0.1, 0.15) is 32.8 Å². The third-order valence-corrected chi connectivity index (χ3v) is 9.21. The molecule has 0 saturated carbocycles. The molecule has 2 unspecified atom stereocenters. The third-order valence-electron chi connectivity index (χ3n) is 6.93. The summed E-state index contributed by atoms with van der Waals surface area (Å²) in [7, 11) is 1.97. The number of rotatable bonds is 12. The molecule has 4 aromatic carbocycles. The summed E-state index contributed by atoms with van der Waals surface area (Å²) in [6, 6.07) is 23.4. The second-order valence-corrected chi connectivity index (χ2v) is 11.8. The molecule has 0 aliphatic carbocycles. The van der Waals surface area contributed by atoms with Gasteiger partial charge in [-0.2, -0.15) is 0 Å². The minimum atomic E-state index is -4.01. The highest BCUT2D eigenvalue weighted by Gasteiger charge is 2.33. The summed E-state index contributed by atoms with van der Waals surface area (Å²) >= 11 is 0. The molecular weight excluding hydrogens is 568 g/mol. The molecule has 0 aliphatic rings. The van der Waals surface area contributed by atoms with Crippen LogP contribution in [0.2, 0.25) is 0 Å². The van der Waals surface area contributed by atoms with Crippen LogP contribution in [-0.4, -0.2) is 47.1 Å². The molecule has 224 valence electrons. The largest absolute Gasteiger partial charge is 0.504 e. The van der Waals surface area contributed by atoms with E-state index < -0.39 is 20.3 Å². The molecule has 0 aromatic heterocycles. The van der Waals surface area contributed by atoms with Gasteiger partial charge in [0.1, 0.15) is 22.0 Å². The second kappa shape index (κ2) is 13.8. The third kappa shape index (κ3) is 7.31. The van der Waals surface area contributed by atoms with Gasteiger partial charge in [-0.3, -0.25) is 0 Å². The van der Waals surface area contributed by atoms with Crippen molar-refractivity contribution in [2.45, 2.75) is 10.5 Å². The number of sulfone groups is 1. The lowest BCUT2D eigenvalue weighted by Crippen LogP contribution is -2.19. The molecule has 0 fully saturated rings. The van der Waals surface area contributed by atoms with Crippen LogP contribution < -0.4 is 18.9 Å². The van der Waals surface area contributed by atoms with Gasteiger partial charge in [0.2, 0.25) is 0 Å². The zero-order chi connectivity index (χ0) is 31.0. The summed E-state index contributed by atoms with van der Waals surface area (Å²) < 4.78 is 50.3. The maximum absolute atomic E-state index is 14.6. The Morgan fingerprint density at radius 1 is 0.558 bits per heavy atom. The number of hydrogen-bond acceptors (Lipinski definition) is 8. The van der Waals surface area contributed by atoms with Crippen molar-refractivity contribution in [2.24, 2.45) is 0 Å². The van der Waals surface area contributed by atoms with Gasteiger partial charge >= 0.3 is 0 Å². The van der Waals surface area contributed by atoms with Crippen LogP contribution in [0.15, 0.2) is 97.1 Å². The fourth-order valence-corrected chi connectivity index (χ4v) is 6.54. The van der Waals surface area contributed by atoms with Gasteiger partial charge < -0.3 is 29.2 Å². The van der Waals surface area contributed by atoms with Crippen LogP contribution in [0.3, 0.4) is 0 Å². The first-order valence-corrected chi connectivity index (χ1v) is 14.9. The van der Waals surface area contributed by atoms with Crippen molar-refractivity contribution in [2.75, 3.05) is 28.4 Å². The Bertz CT molecular complexity index is 1570. The SMILES string of the molecule is COc1ccc(C(C=Cc2ccc(O)c(OC)c2)S(=O)(=O)C(C=Cc2ccc(O)c(OC)c2)c2ccc(OC)cc2)cc1. The fourth-order valence-electron chi connectivity index (χ4n) is 4.56. The molecule has 9 heteroatoms. The van der Waals surface area contributed by atoms with Crippen LogP contribution in [0, 0.1) is 0 Å². The van der Waals surface area contributed by atoms with Gasteiger partial charge in [0.15, 0.2) is 32.8 Å². The molecule has 2 atom stereocenters. The predicted octanol–water partition coefficient (Wildman–Crippen LogP) is 6.76. The summed E-state index contributed by atoms with van der Waals surface area (Å²) in [4.78, 5) is 0. The quantitative estimate of drug-likeness (QED) is 0.183. The minimum absolute atomic E-state index is 0.0189. The van der Waals surface area contributed by atoms with E-state index in [1.54, 1.807) is 111 Å². The van der Waals surface area contributed by atoms with Gasteiger partial charge in [-0.25, -0.2) is 8.42 Å². The second-order valence-electron chi connectivity index (χ2n) is 9.56. The first-order chi connectivity index (χ1) is 20.7. The van der Waals surface area contributed by atoms with Crippen molar-refractivity contribution < 1.29 is 37.6 Å². The number of phenols is 2. The van der Waals surface area contributed by atoms with Crippen molar-refractivity contribution in [1.82, 2.24) is 0 Å². The van der Waals surface area contributed by atoms with Crippen molar-refractivity contribution in [3.05, 3.63) is 119 Å². The Balaban J connectivity index is 1.85. The van der Waals surface area contributed by atoms with Crippen molar-refractivity contribution in [1.29, 1.82) is 0 Å². The number of hydrogen-bond donors (Lipinski definition) is 2. The predicted molar refractivity (Wildman–Crippen MR) is 168 cm³/mol. The molecule has 0 amide bonds. The van der Waals surface area contributed by atoms with Crippen LogP contribution in [0.5, 0.6) is 34.5 Å². The van der Waals surface area contributed by atoms with Gasteiger partial charge in [-0.1, -0.05) is 60.7 Å². The summed E-state index contributed by atoms with van der Waals surface area (Å²) in [5.41, 5.74) is 2.38. The van der Waals surface area contributed by atoms with E-state index in [0.717, 1.165) is 0 Å². The molecule has 0 saturated heterocycles. The Hall–Kier alpha value is -4.89. The van der Waals surface area contributed by atoms with Crippen molar-refractivity contribution in [3.63, 3.8) is 0 Å². The first kappa shape index (κ1) is 31.1. The Morgan fingerprint density at radius 3 is 1.26 bits per heavy atom. The van der Waals surface area contributed by atoms with Gasteiger partial charge in [0, 0.05) is 0 Å². The molecule has 0 bridgehead atoms. The van der Waals surface area contributed by atoms with E-state index in [9.17, 15) is 18.6 Å². The molecule has 43 heavy (non-hydrogen) atoms. The molecule has 2 N–H and O–H groups in total. The Kier molecular flexibility index (Phi) is 10.0. The van der Waals surface area contributed by atoms with Gasteiger partial charge in [0.25, 0.3) is 0 Å². The lowest BCUT2D eigenvalue weighted by molar-refractivity contribution is 0.373. The van der Waals surface area contributed by atoms with Crippen molar-refractivity contribution >= 4 is 22.0 Å². The van der Waals surface area contributed by atoms with Crippen LogP contribution in [0.25, 0.3) is 12.2 Å². The van der Waals surface area contributed by atoms with Crippen LogP contribution >= 0.6 is 0 Å². The molecular formula is C34H34O8S. The molecule has 4 aromatic rings. The molecule has 0 radical (unpaired) electrons. The average Bonchev–Trinajstić information content (AvgIpc) is 3.03. The highest BCUT2D eigenvalue weighted by atomic mass is 32.2. The average molecular weight is 603 g/mol. The van der Waals surface area contributed by atoms with E-state index in [-0.39, 0.29) is 23.0 Å². The minimum Gasteiger partial charge on any atom is -0.504 e. The fraction of sp³-hybridized carbons (Fsp3) is 0.176. The molecule has 4 rings (SSSR count). The van der Waals surface area contributed by atoms with Gasteiger partial charge in [0.05, 0.1) is 28.4 Å². The van der Waals surface area contributed by atoms with E-state index in [1.807, 2.05) is 0 Å².